The van der Waals surface area contributed by atoms with Gasteiger partial charge >= 0.3 is 5.97 Å². The molecule has 5 heteroatoms. The lowest BCUT2D eigenvalue weighted by molar-refractivity contribution is -0.130. The van der Waals surface area contributed by atoms with Crippen molar-refractivity contribution in [2.45, 2.75) is 26.2 Å². The quantitative estimate of drug-likeness (QED) is 0.904. The number of allylic oxidation sites excluding steroid dienone is 2. The van der Waals surface area contributed by atoms with Gasteiger partial charge in [-0.1, -0.05) is 18.2 Å². The van der Waals surface area contributed by atoms with Crippen molar-refractivity contribution in [1.82, 2.24) is 4.90 Å². The minimum atomic E-state index is -1.06. The van der Waals surface area contributed by atoms with Crippen LogP contribution < -0.4 is 4.74 Å². The van der Waals surface area contributed by atoms with Gasteiger partial charge in [0.25, 0.3) is 5.91 Å². The molecule has 1 N–H and O–H groups in total. The zero-order valence-electron chi connectivity index (χ0n) is 12.3. The third-order valence-corrected chi connectivity index (χ3v) is 3.60. The number of hydrogen-bond acceptors (Lipinski definition) is 3. The van der Waals surface area contributed by atoms with Crippen molar-refractivity contribution in [1.29, 1.82) is 0 Å². The van der Waals surface area contributed by atoms with Gasteiger partial charge in [0.2, 0.25) is 0 Å². The SMILES string of the molecule is Cc1cccc(C(=O)O)c1OCC(=O)N(C)C1=CCCC1. The molecule has 0 bridgehead atoms. The standard InChI is InChI=1S/C16H19NO4/c1-11-6-5-9-13(16(19)20)15(11)21-10-14(18)17(2)12-7-3-4-8-12/h5-7,9H,3-4,8,10H2,1-2H3,(H,19,20). The van der Waals surface area contributed by atoms with E-state index < -0.39 is 5.97 Å². The first-order chi connectivity index (χ1) is 10.0. The van der Waals surface area contributed by atoms with Gasteiger partial charge in [-0.15, -0.1) is 0 Å². The molecule has 0 heterocycles. The van der Waals surface area contributed by atoms with Crippen LogP contribution in [0.3, 0.4) is 0 Å². The van der Waals surface area contributed by atoms with Crippen molar-refractivity contribution in [3.63, 3.8) is 0 Å². The second kappa shape index (κ2) is 6.43. The lowest BCUT2D eigenvalue weighted by Gasteiger charge is -2.19. The number of rotatable bonds is 5. The van der Waals surface area contributed by atoms with E-state index in [9.17, 15) is 9.59 Å². The molecular weight excluding hydrogens is 270 g/mol. The third kappa shape index (κ3) is 3.42. The number of ether oxygens (including phenoxy) is 1. The Balaban J connectivity index is 2.06. The van der Waals surface area contributed by atoms with Gasteiger partial charge in [-0.2, -0.15) is 0 Å². The molecule has 1 aromatic rings. The van der Waals surface area contributed by atoms with Gasteiger partial charge in [0, 0.05) is 12.7 Å². The zero-order chi connectivity index (χ0) is 15.4. The van der Waals surface area contributed by atoms with Gasteiger partial charge in [0.15, 0.2) is 6.61 Å². The number of carboxylic acids is 1. The number of carboxylic acid groups (broad SMARTS) is 1. The maximum Gasteiger partial charge on any atom is 0.339 e. The number of hydrogen-bond donors (Lipinski definition) is 1. The van der Waals surface area contributed by atoms with Crippen molar-refractivity contribution >= 4 is 11.9 Å². The number of aromatic carboxylic acids is 1. The van der Waals surface area contributed by atoms with Crippen LogP contribution in [-0.4, -0.2) is 35.5 Å². The predicted octanol–water partition coefficient (Wildman–Crippen LogP) is 2.60. The number of carbonyl (C=O) groups excluding carboxylic acids is 1. The van der Waals surface area contributed by atoms with Gasteiger partial charge in [-0.05, 0) is 37.8 Å². The summed E-state index contributed by atoms with van der Waals surface area (Å²) >= 11 is 0. The molecule has 1 amide bonds. The molecule has 0 radical (unpaired) electrons. The Hall–Kier alpha value is -2.30. The Labute approximate surface area is 123 Å². The molecule has 0 spiro atoms. The third-order valence-electron chi connectivity index (χ3n) is 3.60. The van der Waals surface area contributed by atoms with Crippen LogP contribution in [0.1, 0.15) is 35.2 Å². The fourth-order valence-electron chi connectivity index (χ4n) is 2.36. The van der Waals surface area contributed by atoms with E-state index in [1.807, 2.05) is 6.08 Å². The molecular formula is C16H19NO4. The van der Waals surface area contributed by atoms with E-state index in [0.29, 0.717) is 5.56 Å². The molecule has 2 rings (SSSR count). The van der Waals surface area contributed by atoms with E-state index in [1.54, 1.807) is 31.0 Å². The zero-order valence-corrected chi connectivity index (χ0v) is 12.3. The second-order valence-corrected chi connectivity index (χ2v) is 5.09. The van der Waals surface area contributed by atoms with Gasteiger partial charge in [0.1, 0.15) is 11.3 Å². The van der Waals surface area contributed by atoms with Crippen molar-refractivity contribution < 1.29 is 19.4 Å². The van der Waals surface area contributed by atoms with Gasteiger partial charge in [0.05, 0.1) is 0 Å². The molecule has 0 atom stereocenters. The smallest absolute Gasteiger partial charge is 0.339 e. The number of amides is 1. The molecule has 112 valence electrons. The number of carbonyl (C=O) groups is 2. The minimum absolute atomic E-state index is 0.0746. The van der Waals surface area contributed by atoms with Crippen LogP contribution >= 0.6 is 0 Å². The van der Waals surface area contributed by atoms with Gasteiger partial charge in [-0.25, -0.2) is 4.79 Å². The molecule has 0 saturated heterocycles. The maximum atomic E-state index is 12.1. The highest BCUT2D eigenvalue weighted by Gasteiger charge is 2.19. The fraction of sp³-hybridized carbons (Fsp3) is 0.375. The van der Waals surface area contributed by atoms with E-state index in [2.05, 4.69) is 0 Å². The average Bonchev–Trinajstić information content (AvgIpc) is 2.98. The maximum absolute atomic E-state index is 12.1. The number of aryl methyl sites for hydroxylation is 1. The monoisotopic (exact) mass is 289 g/mol. The lowest BCUT2D eigenvalue weighted by atomic mass is 10.1. The first-order valence-corrected chi connectivity index (χ1v) is 6.92. The van der Waals surface area contributed by atoms with Crippen LogP contribution in [-0.2, 0) is 4.79 Å². The molecule has 1 aliphatic carbocycles. The average molecular weight is 289 g/mol. The van der Waals surface area contributed by atoms with Crippen LogP contribution in [0.5, 0.6) is 5.75 Å². The van der Waals surface area contributed by atoms with E-state index in [1.165, 1.54) is 6.07 Å². The summed E-state index contributed by atoms with van der Waals surface area (Å²) in [6.07, 6.45) is 5.00. The van der Waals surface area contributed by atoms with Crippen molar-refractivity contribution in [3.8, 4) is 5.75 Å². The van der Waals surface area contributed by atoms with E-state index in [0.717, 1.165) is 25.0 Å². The van der Waals surface area contributed by atoms with Crippen LogP contribution in [0.2, 0.25) is 0 Å². The number of benzene rings is 1. The molecule has 0 aliphatic heterocycles. The normalized spacial score (nSPS) is 13.7. The molecule has 0 aromatic heterocycles. The van der Waals surface area contributed by atoms with Crippen LogP contribution in [0.25, 0.3) is 0 Å². The molecule has 5 nitrogen and oxygen atoms in total. The highest BCUT2D eigenvalue weighted by Crippen LogP contribution is 2.24. The Morgan fingerprint density at radius 3 is 2.76 bits per heavy atom. The number of para-hydroxylation sites is 1. The van der Waals surface area contributed by atoms with Gasteiger partial charge < -0.3 is 14.7 Å². The van der Waals surface area contributed by atoms with Crippen LogP contribution in [0.4, 0.5) is 0 Å². The summed E-state index contributed by atoms with van der Waals surface area (Å²) in [7, 11) is 1.72. The van der Waals surface area contributed by atoms with Crippen LogP contribution in [0.15, 0.2) is 30.0 Å². The first kappa shape index (κ1) is 15.1. The summed E-state index contributed by atoms with van der Waals surface area (Å²) in [5.74, 6) is -0.983. The molecule has 0 unspecified atom stereocenters. The van der Waals surface area contributed by atoms with Crippen molar-refractivity contribution in [2.75, 3.05) is 13.7 Å². The fourth-order valence-corrected chi connectivity index (χ4v) is 2.36. The van der Waals surface area contributed by atoms with Gasteiger partial charge in [-0.3, -0.25) is 4.79 Å². The summed E-state index contributed by atoms with van der Waals surface area (Å²) in [6.45, 7) is 1.59. The molecule has 1 aromatic carbocycles. The van der Waals surface area contributed by atoms with Crippen LogP contribution in [0, 0.1) is 6.92 Å². The molecule has 0 saturated carbocycles. The topological polar surface area (TPSA) is 66.8 Å². The Bertz CT molecular complexity index is 592. The van der Waals surface area contributed by atoms with E-state index in [4.69, 9.17) is 9.84 Å². The highest BCUT2D eigenvalue weighted by atomic mass is 16.5. The number of likely N-dealkylation sites (N-methyl/N-ethyl adjacent to an activating group) is 1. The first-order valence-electron chi connectivity index (χ1n) is 6.92. The predicted molar refractivity (Wildman–Crippen MR) is 78.3 cm³/mol. The van der Waals surface area contributed by atoms with Crippen molar-refractivity contribution in [3.05, 3.63) is 41.1 Å². The minimum Gasteiger partial charge on any atom is -0.483 e. The summed E-state index contributed by atoms with van der Waals surface area (Å²) < 4.78 is 5.47. The summed E-state index contributed by atoms with van der Waals surface area (Å²) in [4.78, 5) is 24.9. The Kier molecular flexibility index (Phi) is 4.62. The lowest BCUT2D eigenvalue weighted by Crippen LogP contribution is -2.30. The van der Waals surface area contributed by atoms with Crippen molar-refractivity contribution in [2.24, 2.45) is 0 Å². The molecule has 0 fully saturated rings. The van der Waals surface area contributed by atoms with E-state index in [-0.39, 0.29) is 23.8 Å². The Morgan fingerprint density at radius 2 is 2.14 bits per heavy atom. The van der Waals surface area contributed by atoms with E-state index >= 15 is 0 Å². The molecule has 1 aliphatic rings. The highest BCUT2D eigenvalue weighted by molar-refractivity contribution is 5.91. The molecule has 21 heavy (non-hydrogen) atoms. The second-order valence-electron chi connectivity index (χ2n) is 5.09. The summed E-state index contributed by atoms with van der Waals surface area (Å²) in [5, 5.41) is 9.15. The summed E-state index contributed by atoms with van der Waals surface area (Å²) in [5.41, 5.74) is 1.78. The number of nitrogens with zero attached hydrogens (tertiary/aromatic N) is 1. The Morgan fingerprint density at radius 1 is 1.38 bits per heavy atom. The largest absolute Gasteiger partial charge is 0.483 e. The summed E-state index contributed by atoms with van der Waals surface area (Å²) in [6, 6.07) is 4.89.